The molecule has 3 rings (SSSR count). The van der Waals surface area contributed by atoms with Crippen molar-refractivity contribution in [3.05, 3.63) is 101 Å². The van der Waals surface area contributed by atoms with E-state index in [0.29, 0.717) is 0 Å². The fourth-order valence-corrected chi connectivity index (χ4v) is 6.91. The number of benzene rings is 2. The summed E-state index contributed by atoms with van der Waals surface area (Å²) < 4.78 is 1.47. The number of rotatable bonds is 25. The van der Waals surface area contributed by atoms with Gasteiger partial charge in [-0.15, -0.1) is 0 Å². The van der Waals surface area contributed by atoms with Gasteiger partial charge in [0.05, 0.1) is 0 Å². The zero-order valence-electron chi connectivity index (χ0n) is 35.8. The van der Waals surface area contributed by atoms with Gasteiger partial charge in [0.2, 0.25) is 11.4 Å². The smallest absolute Gasteiger partial charge is 0.493 e. The molecule has 3 heteroatoms. The molecular formula is C50H82N2Ni. The van der Waals surface area contributed by atoms with Crippen molar-refractivity contribution >= 4 is 11.4 Å². The monoisotopic (exact) mass is 769 g/mol. The van der Waals surface area contributed by atoms with Gasteiger partial charge in [-0.05, 0) is 91.5 Å². The van der Waals surface area contributed by atoms with Gasteiger partial charge in [0.25, 0.3) is 0 Å². The normalized spacial score (nSPS) is 12.2. The molecule has 0 aromatic heterocycles. The summed E-state index contributed by atoms with van der Waals surface area (Å²) in [6, 6.07) is 13.8. The fourth-order valence-electron chi connectivity index (χ4n) is 6.91. The second kappa shape index (κ2) is 33.4. The Kier molecular flexibility index (Phi) is 32.1. The number of hydrogen-bond acceptors (Lipinski definition) is 0. The van der Waals surface area contributed by atoms with Crippen LogP contribution >= 0.6 is 0 Å². The minimum absolute atomic E-state index is 0. The van der Waals surface area contributed by atoms with Gasteiger partial charge in [-0.3, -0.25) is 0 Å². The van der Waals surface area contributed by atoms with E-state index in [1.165, 1.54) is 148 Å². The summed E-state index contributed by atoms with van der Waals surface area (Å²) in [4.78, 5) is 0. The van der Waals surface area contributed by atoms with Crippen molar-refractivity contribution in [3.8, 4) is 0 Å². The van der Waals surface area contributed by atoms with E-state index in [1.807, 2.05) is 0 Å². The summed E-state index contributed by atoms with van der Waals surface area (Å²) in [5.41, 5.74) is 22.3. The molecule has 2 nitrogen and oxygen atoms in total. The molecule has 1 aliphatic rings. The van der Waals surface area contributed by atoms with Gasteiger partial charge in [0, 0.05) is 22.8 Å². The Morgan fingerprint density at radius 2 is 0.830 bits per heavy atom. The first kappa shape index (κ1) is 51.0. The minimum Gasteiger partial charge on any atom is -0.493 e. The maximum atomic E-state index is 11.5. The second-order valence-corrected chi connectivity index (χ2v) is 15.0. The number of unbranched alkanes of at least 4 members (excludes halogenated alkanes) is 16. The van der Waals surface area contributed by atoms with Crippen molar-refractivity contribution in [1.29, 1.82) is 0 Å². The predicted octanol–water partition coefficient (Wildman–Crippen LogP) is 16.6. The van der Waals surface area contributed by atoms with Crippen molar-refractivity contribution in [1.82, 2.24) is 0 Å². The van der Waals surface area contributed by atoms with Crippen LogP contribution in [0.4, 0.5) is 0 Å². The van der Waals surface area contributed by atoms with Gasteiger partial charge in [-0.1, -0.05) is 163 Å². The van der Waals surface area contributed by atoms with E-state index >= 15 is 0 Å². The van der Waals surface area contributed by atoms with Crippen LogP contribution in [0.25, 0.3) is 16.9 Å². The average molecular weight is 770 g/mol. The topological polar surface area (TPSA) is 25.3 Å². The van der Waals surface area contributed by atoms with E-state index in [0.717, 1.165) is 67.5 Å². The Morgan fingerprint density at radius 1 is 0.453 bits per heavy atom. The molecule has 0 bridgehead atoms. The first-order valence-electron chi connectivity index (χ1n) is 22.2. The molecule has 0 unspecified atom stereocenters. The van der Waals surface area contributed by atoms with Crippen LogP contribution in [0.3, 0.4) is 0 Å². The van der Waals surface area contributed by atoms with E-state index < -0.39 is 0 Å². The van der Waals surface area contributed by atoms with Crippen LogP contribution in [0.2, 0.25) is 0 Å². The third-order valence-electron chi connectivity index (χ3n) is 10.3. The molecule has 0 radical (unpaired) electrons. The standard InChI is InChI=1S/C32H44N2.2C9H19.Ni/c1-6-11-13-15-26-17-24(8-3)19-29(21-26)31-23-28(10-5)32(34(31)33)30-20-25(9-4)18-27(22-30)16-14-12-7-2;2*1-3-5-7-9-8-6-4-2;/h17-23H,6-16H2,1-5H3;2*1,3-9H2,2H3;/q;2*-1;+2. The molecule has 53 heavy (non-hydrogen) atoms. The molecule has 0 fully saturated rings. The van der Waals surface area contributed by atoms with Gasteiger partial charge in [0.15, 0.2) is 0 Å². The van der Waals surface area contributed by atoms with Crippen molar-refractivity contribution in [3.63, 3.8) is 0 Å². The average Bonchev–Trinajstić information content (AvgIpc) is 3.51. The fraction of sp³-hybridized carbons (Fsp3) is 0.640. The molecular weight excluding hydrogens is 687 g/mol. The molecule has 0 N–H and O–H groups in total. The third kappa shape index (κ3) is 21.0. The van der Waals surface area contributed by atoms with Crippen LogP contribution in [-0.4, -0.2) is 4.70 Å². The van der Waals surface area contributed by atoms with Gasteiger partial charge < -0.3 is 19.4 Å². The third-order valence-corrected chi connectivity index (χ3v) is 10.3. The zero-order valence-corrected chi connectivity index (χ0v) is 36.8. The maximum absolute atomic E-state index is 11.5. The van der Waals surface area contributed by atoms with Gasteiger partial charge >= 0.3 is 16.5 Å². The van der Waals surface area contributed by atoms with Gasteiger partial charge in [0.1, 0.15) is 0 Å². The summed E-state index contributed by atoms with van der Waals surface area (Å²) in [7, 11) is 0. The second-order valence-electron chi connectivity index (χ2n) is 15.0. The molecule has 2 aromatic rings. The summed E-state index contributed by atoms with van der Waals surface area (Å²) in [6.45, 7) is 23.2. The maximum Gasteiger partial charge on any atom is 2.00 e. The first-order valence-corrected chi connectivity index (χ1v) is 22.2. The minimum atomic E-state index is 0. The van der Waals surface area contributed by atoms with E-state index in [4.69, 9.17) is 0 Å². The molecule has 1 aliphatic heterocycles. The summed E-state index contributed by atoms with van der Waals surface area (Å²) in [5, 5.41) is 0. The molecule has 0 atom stereocenters. The van der Waals surface area contributed by atoms with Crippen LogP contribution in [0.5, 0.6) is 0 Å². The molecule has 0 spiro atoms. The molecule has 0 saturated carbocycles. The summed E-state index contributed by atoms with van der Waals surface area (Å²) in [6.07, 6.45) is 33.7. The van der Waals surface area contributed by atoms with Gasteiger partial charge in [-0.2, -0.15) is 12.8 Å². The van der Waals surface area contributed by atoms with Crippen molar-refractivity contribution < 1.29 is 21.2 Å². The predicted molar refractivity (Wildman–Crippen MR) is 234 cm³/mol. The van der Waals surface area contributed by atoms with E-state index in [-0.39, 0.29) is 16.5 Å². The van der Waals surface area contributed by atoms with Crippen molar-refractivity contribution in [2.24, 2.45) is 0 Å². The summed E-state index contributed by atoms with van der Waals surface area (Å²) in [5.74, 6) is 0. The molecule has 1 heterocycles. The Labute approximate surface area is 340 Å². The molecule has 0 aliphatic carbocycles. The Bertz CT molecular complexity index is 1260. The Morgan fingerprint density at radius 3 is 1.25 bits per heavy atom. The number of allylic oxidation sites excluding steroid dienone is 2. The largest absolute Gasteiger partial charge is 2.00 e. The van der Waals surface area contributed by atoms with Crippen LogP contribution in [-0.2, 0) is 42.2 Å². The van der Waals surface area contributed by atoms with Crippen LogP contribution in [0.15, 0.2) is 48.0 Å². The SMILES string of the molecule is CCCCCc1cc(CC)cc(C2=CC(CC)=C(c3cc(CC)cc(CCCCC)c3)[N+]2=[N-])c1.[CH2-]CCCCCCCC.[CH2-]CCCCCCCC.[Ni+2]. The molecule has 0 saturated heterocycles. The Balaban J connectivity index is 0.00000117. The molecule has 0 amide bonds. The van der Waals surface area contributed by atoms with Gasteiger partial charge in [-0.25, -0.2) is 4.70 Å². The number of hydrogen-bond donors (Lipinski definition) is 0. The first-order chi connectivity index (χ1) is 25.4. The molecule has 302 valence electrons. The number of aryl methyl sites for hydroxylation is 4. The quantitative estimate of drug-likeness (QED) is 0.0416. The van der Waals surface area contributed by atoms with E-state index in [2.05, 4.69) is 105 Å². The Hall–Kier alpha value is -1.99. The van der Waals surface area contributed by atoms with Crippen LogP contribution in [0, 0.1) is 13.8 Å². The van der Waals surface area contributed by atoms with Crippen molar-refractivity contribution in [2.75, 3.05) is 0 Å². The molecule has 2 aromatic carbocycles. The van der Waals surface area contributed by atoms with Crippen LogP contribution < -0.4 is 0 Å². The van der Waals surface area contributed by atoms with Crippen LogP contribution in [0.1, 0.15) is 217 Å². The van der Waals surface area contributed by atoms with E-state index in [1.54, 1.807) is 0 Å². The number of nitrogens with zero attached hydrogens (tertiary/aromatic N) is 2. The van der Waals surface area contributed by atoms with E-state index in [9.17, 15) is 5.53 Å². The zero-order chi connectivity index (χ0) is 38.4. The van der Waals surface area contributed by atoms with Crippen molar-refractivity contribution in [2.45, 2.75) is 209 Å². The summed E-state index contributed by atoms with van der Waals surface area (Å²) >= 11 is 0.